The summed E-state index contributed by atoms with van der Waals surface area (Å²) in [4.78, 5) is 11.7. The summed E-state index contributed by atoms with van der Waals surface area (Å²) in [6, 6.07) is 9.31. The van der Waals surface area contributed by atoms with Crippen LogP contribution in [0.3, 0.4) is 0 Å². The molecule has 4 heteroatoms. The van der Waals surface area contributed by atoms with Crippen molar-refractivity contribution >= 4 is 5.91 Å². The molecule has 1 atom stereocenters. The number of nitrogens with one attached hydrogen (secondary N) is 1. The summed E-state index contributed by atoms with van der Waals surface area (Å²) in [6.07, 6.45) is 1.04. The molecular formula is C15H20N2O2. The van der Waals surface area contributed by atoms with Gasteiger partial charge in [0, 0.05) is 6.42 Å². The molecule has 102 valence electrons. The molecule has 0 saturated heterocycles. The zero-order chi connectivity index (χ0) is 14.3. The van der Waals surface area contributed by atoms with Crippen LogP contribution >= 0.6 is 0 Å². The Balaban J connectivity index is 2.43. The second-order valence-corrected chi connectivity index (χ2v) is 4.77. The second kappa shape index (κ2) is 7.42. The summed E-state index contributed by atoms with van der Waals surface area (Å²) >= 11 is 0. The molecule has 0 aromatic heterocycles. The highest BCUT2D eigenvalue weighted by atomic mass is 16.5. The van der Waals surface area contributed by atoms with Crippen molar-refractivity contribution < 1.29 is 9.53 Å². The van der Waals surface area contributed by atoms with E-state index in [0.29, 0.717) is 12.8 Å². The molecule has 0 radical (unpaired) electrons. The van der Waals surface area contributed by atoms with E-state index in [0.717, 1.165) is 11.3 Å². The van der Waals surface area contributed by atoms with Crippen LogP contribution in [0, 0.1) is 17.2 Å². The lowest BCUT2D eigenvalue weighted by Gasteiger charge is -2.14. The Bertz CT molecular complexity index is 446. The van der Waals surface area contributed by atoms with Crippen LogP contribution in [0.25, 0.3) is 0 Å². The number of carbonyl (C=O) groups is 1. The standard InChI is InChI=1S/C15H20N2O2/c1-11(2)14(10-16)17-15(18)9-6-12-4-7-13(19-3)8-5-12/h4-5,7-8,11,14H,6,9H2,1-3H3,(H,17,18). The van der Waals surface area contributed by atoms with Crippen LogP contribution in [0.2, 0.25) is 0 Å². The maximum Gasteiger partial charge on any atom is 0.221 e. The van der Waals surface area contributed by atoms with Crippen LogP contribution in [0.15, 0.2) is 24.3 Å². The molecule has 4 nitrogen and oxygen atoms in total. The highest BCUT2D eigenvalue weighted by Crippen LogP contribution is 2.12. The minimum absolute atomic E-state index is 0.0870. The number of rotatable bonds is 6. The molecular weight excluding hydrogens is 240 g/mol. The number of methoxy groups -OCH3 is 1. The molecule has 0 bridgehead atoms. The Morgan fingerprint density at radius 1 is 1.37 bits per heavy atom. The lowest BCUT2D eigenvalue weighted by atomic mass is 10.1. The van der Waals surface area contributed by atoms with E-state index in [1.54, 1.807) is 7.11 Å². The molecule has 19 heavy (non-hydrogen) atoms. The number of amides is 1. The lowest BCUT2D eigenvalue weighted by Crippen LogP contribution is -2.37. The number of nitrogens with zero attached hydrogens (tertiary/aromatic N) is 1. The van der Waals surface area contributed by atoms with Gasteiger partial charge in [-0.15, -0.1) is 0 Å². The van der Waals surface area contributed by atoms with Crippen LogP contribution in [0.4, 0.5) is 0 Å². The first kappa shape index (κ1) is 15.0. The number of hydrogen-bond acceptors (Lipinski definition) is 3. The number of ether oxygens (including phenoxy) is 1. The first-order valence-electron chi connectivity index (χ1n) is 6.38. The van der Waals surface area contributed by atoms with E-state index in [-0.39, 0.29) is 11.8 Å². The van der Waals surface area contributed by atoms with E-state index in [1.807, 2.05) is 38.1 Å². The maximum absolute atomic E-state index is 11.7. The Hall–Kier alpha value is -2.02. The van der Waals surface area contributed by atoms with Crippen LogP contribution in [-0.2, 0) is 11.2 Å². The molecule has 0 fully saturated rings. The van der Waals surface area contributed by atoms with Gasteiger partial charge in [-0.05, 0) is 30.0 Å². The molecule has 0 aliphatic carbocycles. The molecule has 1 aromatic carbocycles. The normalized spacial score (nSPS) is 11.7. The van der Waals surface area contributed by atoms with Gasteiger partial charge in [-0.2, -0.15) is 5.26 Å². The molecule has 1 unspecified atom stereocenters. The minimum Gasteiger partial charge on any atom is -0.497 e. The zero-order valence-electron chi connectivity index (χ0n) is 11.6. The van der Waals surface area contributed by atoms with Crippen molar-refractivity contribution in [2.24, 2.45) is 5.92 Å². The minimum atomic E-state index is -0.414. The fourth-order valence-corrected chi connectivity index (χ4v) is 1.64. The Kier molecular flexibility index (Phi) is 5.87. The van der Waals surface area contributed by atoms with Crippen LogP contribution in [0.5, 0.6) is 5.75 Å². The van der Waals surface area contributed by atoms with Gasteiger partial charge in [0.15, 0.2) is 0 Å². The molecule has 0 saturated carbocycles. The predicted molar refractivity (Wildman–Crippen MR) is 73.7 cm³/mol. The van der Waals surface area contributed by atoms with Gasteiger partial charge >= 0.3 is 0 Å². The van der Waals surface area contributed by atoms with E-state index in [2.05, 4.69) is 11.4 Å². The van der Waals surface area contributed by atoms with Gasteiger partial charge in [0.05, 0.1) is 13.2 Å². The molecule has 1 N–H and O–H groups in total. The quantitative estimate of drug-likeness (QED) is 0.853. The van der Waals surface area contributed by atoms with Crippen LogP contribution in [0.1, 0.15) is 25.8 Å². The molecule has 1 amide bonds. The van der Waals surface area contributed by atoms with E-state index in [4.69, 9.17) is 10.00 Å². The Morgan fingerprint density at radius 2 is 2.00 bits per heavy atom. The summed E-state index contributed by atoms with van der Waals surface area (Å²) < 4.78 is 5.07. The van der Waals surface area contributed by atoms with Crippen LogP contribution < -0.4 is 10.1 Å². The molecule has 0 aliphatic heterocycles. The summed E-state index contributed by atoms with van der Waals surface area (Å²) in [6.45, 7) is 3.83. The van der Waals surface area contributed by atoms with Crippen molar-refractivity contribution in [3.8, 4) is 11.8 Å². The summed E-state index contributed by atoms with van der Waals surface area (Å²) in [5.74, 6) is 0.837. The topological polar surface area (TPSA) is 62.1 Å². The maximum atomic E-state index is 11.7. The largest absolute Gasteiger partial charge is 0.497 e. The number of carbonyl (C=O) groups excluding carboxylic acids is 1. The number of aryl methyl sites for hydroxylation is 1. The third-order valence-corrected chi connectivity index (χ3v) is 2.92. The van der Waals surface area contributed by atoms with Crippen LogP contribution in [-0.4, -0.2) is 19.1 Å². The molecule has 0 spiro atoms. The van der Waals surface area contributed by atoms with Gasteiger partial charge in [0.25, 0.3) is 0 Å². The average Bonchev–Trinajstić information content (AvgIpc) is 2.42. The first-order valence-corrected chi connectivity index (χ1v) is 6.38. The zero-order valence-corrected chi connectivity index (χ0v) is 11.6. The summed E-state index contributed by atoms with van der Waals surface area (Å²) in [5.41, 5.74) is 1.08. The third kappa shape index (κ3) is 5.01. The number of hydrogen-bond donors (Lipinski definition) is 1. The van der Waals surface area contributed by atoms with Gasteiger partial charge in [-0.3, -0.25) is 4.79 Å². The van der Waals surface area contributed by atoms with Crippen molar-refractivity contribution in [3.63, 3.8) is 0 Å². The SMILES string of the molecule is COc1ccc(CCC(=O)NC(C#N)C(C)C)cc1. The van der Waals surface area contributed by atoms with Crippen molar-refractivity contribution in [1.82, 2.24) is 5.32 Å². The Morgan fingerprint density at radius 3 is 2.47 bits per heavy atom. The number of benzene rings is 1. The van der Waals surface area contributed by atoms with Gasteiger partial charge < -0.3 is 10.1 Å². The second-order valence-electron chi connectivity index (χ2n) is 4.77. The Labute approximate surface area is 114 Å². The van der Waals surface area contributed by atoms with Crippen molar-refractivity contribution in [2.45, 2.75) is 32.7 Å². The van der Waals surface area contributed by atoms with E-state index in [9.17, 15) is 4.79 Å². The highest BCUT2D eigenvalue weighted by Gasteiger charge is 2.14. The predicted octanol–water partition coefficient (Wildman–Crippen LogP) is 2.29. The fraction of sp³-hybridized carbons (Fsp3) is 0.467. The molecule has 1 rings (SSSR count). The van der Waals surface area contributed by atoms with E-state index in [1.165, 1.54) is 0 Å². The lowest BCUT2D eigenvalue weighted by molar-refractivity contribution is -0.121. The highest BCUT2D eigenvalue weighted by molar-refractivity contribution is 5.76. The molecule has 0 aliphatic rings. The van der Waals surface area contributed by atoms with Gasteiger partial charge in [0.2, 0.25) is 5.91 Å². The monoisotopic (exact) mass is 260 g/mol. The van der Waals surface area contributed by atoms with Crippen molar-refractivity contribution in [2.75, 3.05) is 7.11 Å². The smallest absolute Gasteiger partial charge is 0.221 e. The third-order valence-electron chi connectivity index (χ3n) is 2.92. The van der Waals surface area contributed by atoms with Gasteiger partial charge in [0.1, 0.15) is 11.8 Å². The summed E-state index contributed by atoms with van der Waals surface area (Å²) in [7, 11) is 1.62. The van der Waals surface area contributed by atoms with E-state index < -0.39 is 6.04 Å². The molecule has 1 aromatic rings. The fourth-order valence-electron chi connectivity index (χ4n) is 1.64. The molecule has 0 heterocycles. The summed E-state index contributed by atoms with van der Waals surface area (Å²) in [5, 5.41) is 11.6. The van der Waals surface area contributed by atoms with Crippen molar-refractivity contribution in [1.29, 1.82) is 5.26 Å². The van der Waals surface area contributed by atoms with Gasteiger partial charge in [-0.25, -0.2) is 0 Å². The van der Waals surface area contributed by atoms with E-state index >= 15 is 0 Å². The number of nitriles is 1. The average molecular weight is 260 g/mol. The van der Waals surface area contributed by atoms with Crippen molar-refractivity contribution in [3.05, 3.63) is 29.8 Å². The first-order chi connectivity index (χ1) is 9.06. The van der Waals surface area contributed by atoms with Gasteiger partial charge in [-0.1, -0.05) is 26.0 Å².